The lowest BCUT2D eigenvalue weighted by molar-refractivity contribution is -0.120. The fraction of sp³-hybridized carbons (Fsp3) is 0.286. The maximum atomic E-state index is 12.1. The van der Waals surface area contributed by atoms with E-state index in [2.05, 4.69) is 26.6 Å². The number of carbonyl (C=O) groups is 2. The average molecular weight is 370 g/mol. The van der Waals surface area contributed by atoms with Crippen LogP contribution in [-0.2, 0) is 4.79 Å². The van der Waals surface area contributed by atoms with E-state index in [-0.39, 0.29) is 18.4 Å². The topological polar surface area (TPSA) is 84.2 Å². The number of thiophene rings is 1. The zero-order valence-corrected chi connectivity index (χ0v) is 13.9. The third-order valence-corrected chi connectivity index (χ3v) is 4.54. The summed E-state index contributed by atoms with van der Waals surface area (Å²) in [7, 11) is 0. The van der Waals surface area contributed by atoms with Crippen LogP contribution in [0.1, 0.15) is 23.0 Å². The van der Waals surface area contributed by atoms with E-state index < -0.39 is 0 Å². The Balaban J connectivity index is 2.09. The second kappa shape index (κ2) is 6.91. The molecule has 21 heavy (non-hydrogen) atoms. The van der Waals surface area contributed by atoms with Gasteiger partial charge in [0.05, 0.1) is 12.2 Å². The summed E-state index contributed by atoms with van der Waals surface area (Å²) in [6.45, 7) is 2.53. The molecule has 0 aliphatic rings. The minimum absolute atomic E-state index is 0.0454. The molecule has 0 aliphatic heterocycles. The molecule has 7 heteroatoms. The summed E-state index contributed by atoms with van der Waals surface area (Å²) in [4.78, 5) is 24.0. The number of hydrogen-bond acceptors (Lipinski definition) is 4. The molecule has 2 aromatic rings. The first kappa shape index (κ1) is 15.8. The van der Waals surface area contributed by atoms with Crippen molar-refractivity contribution >= 4 is 54.9 Å². The van der Waals surface area contributed by atoms with Gasteiger partial charge in [-0.25, -0.2) is 0 Å². The van der Waals surface area contributed by atoms with Crippen molar-refractivity contribution in [2.75, 3.05) is 18.8 Å². The number of nitrogen functional groups attached to an aromatic ring is 1. The van der Waals surface area contributed by atoms with Crippen LogP contribution in [0.2, 0.25) is 0 Å². The van der Waals surface area contributed by atoms with Crippen LogP contribution in [0.15, 0.2) is 22.7 Å². The van der Waals surface area contributed by atoms with Crippen molar-refractivity contribution in [3.8, 4) is 0 Å². The van der Waals surface area contributed by atoms with E-state index in [4.69, 9.17) is 5.73 Å². The molecule has 2 rings (SSSR count). The van der Waals surface area contributed by atoms with E-state index in [1.54, 1.807) is 0 Å². The van der Waals surface area contributed by atoms with E-state index >= 15 is 0 Å². The number of carbonyl (C=O) groups excluding carboxylic acids is 2. The summed E-state index contributed by atoms with van der Waals surface area (Å²) in [6, 6.07) is 5.67. The number of hydrogen-bond donors (Lipinski definition) is 3. The van der Waals surface area contributed by atoms with E-state index in [1.807, 2.05) is 25.1 Å². The van der Waals surface area contributed by atoms with Crippen LogP contribution in [0.4, 0.5) is 5.69 Å². The molecule has 0 fully saturated rings. The Morgan fingerprint density at radius 2 is 2.10 bits per heavy atom. The normalized spacial score (nSPS) is 10.6. The van der Waals surface area contributed by atoms with Crippen LogP contribution in [-0.4, -0.2) is 24.9 Å². The molecule has 0 spiro atoms. The highest BCUT2D eigenvalue weighted by molar-refractivity contribution is 9.10. The Morgan fingerprint density at radius 3 is 2.81 bits per heavy atom. The monoisotopic (exact) mass is 369 g/mol. The number of fused-ring (bicyclic) bond motifs is 1. The van der Waals surface area contributed by atoms with Crippen molar-refractivity contribution in [1.82, 2.24) is 10.6 Å². The van der Waals surface area contributed by atoms with Gasteiger partial charge in [-0.3, -0.25) is 9.59 Å². The number of nitrogens with one attached hydrogen (secondary N) is 2. The van der Waals surface area contributed by atoms with Gasteiger partial charge in [0.1, 0.15) is 4.88 Å². The lowest BCUT2D eigenvalue weighted by atomic mass is 10.2. The Morgan fingerprint density at radius 1 is 1.33 bits per heavy atom. The highest BCUT2D eigenvalue weighted by atomic mass is 79.9. The molecule has 0 saturated heterocycles. The van der Waals surface area contributed by atoms with Gasteiger partial charge in [-0.15, -0.1) is 11.3 Å². The molecule has 0 unspecified atom stereocenters. The highest BCUT2D eigenvalue weighted by Gasteiger charge is 2.17. The quantitative estimate of drug-likeness (QED) is 0.756. The molecule has 5 nitrogen and oxygen atoms in total. The SMILES string of the molecule is CCCNC(=O)CNC(=O)c1sc2cc(Br)ccc2c1N. The van der Waals surface area contributed by atoms with Crippen LogP contribution in [0.25, 0.3) is 10.1 Å². The van der Waals surface area contributed by atoms with E-state index in [1.165, 1.54) is 11.3 Å². The summed E-state index contributed by atoms with van der Waals surface area (Å²) in [5.74, 6) is -0.524. The molecule has 1 heterocycles. The largest absolute Gasteiger partial charge is 0.397 e. The van der Waals surface area contributed by atoms with Gasteiger partial charge in [-0.2, -0.15) is 0 Å². The summed E-state index contributed by atoms with van der Waals surface area (Å²) in [5.41, 5.74) is 6.46. The number of anilines is 1. The van der Waals surface area contributed by atoms with Crippen molar-refractivity contribution in [3.05, 3.63) is 27.5 Å². The molecule has 0 bridgehead atoms. The second-order valence-electron chi connectivity index (χ2n) is 4.52. The standard InChI is InChI=1S/C14H16BrN3O2S/c1-2-5-17-11(19)7-18-14(20)13-12(16)9-4-3-8(15)6-10(9)21-13/h3-4,6H,2,5,7,16H2,1H3,(H,17,19)(H,18,20). The maximum absolute atomic E-state index is 12.1. The first-order valence-electron chi connectivity index (χ1n) is 6.55. The third-order valence-electron chi connectivity index (χ3n) is 2.88. The van der Waals surface area contributed by atoms with E-state index in [0.717, 1.165) is 21.0 Å². The smallest absolute Gasteiger partial charge is 0.263 e. The molecule has 1 aromatic carbocycles. The van der Waals surface area contributed by atoms with Gasteiger partial charge in [0, 0.05) is 21.1 Å². The Bertz CT molecular complexity index is 684. The Kier molecular flexibility index (Phi) is 5.19. The first-order valence-corrected chi connectivity index (χ1v) is 8.16. The zero-order valence-electron chi connectivity index (χ0n) is 11.5. The van der Waals surface area contributed by atoms with Gasteiger partial charge >= 0.3 is 0 Å². The summed E-state index contributed by atoms with van der Waals surface area (Å²) >= 11 is 4.71. The van der Waals surface area contributed by atoms with Crippen molar-refractivity contribution in [1.29, 1.82) is 0 Å². The summed E-state index contributed by atoms with van der Waals surface area (Å²) in [6.07, 6.45) is 0.859. The Hall–Kier alpha value is -1.60. The predicted molar refractivity (Wildman–Crippen MR) is 89.6 cm³/mol. The zero-order chi connectivity index (χ0) is 15.4. The number of benzene rings is 1. The molecular weight excluding hydrogens is 354 g/mol. The molecule has 112 valence electrons. The Labute approximate surface area is 135 Å². The van der Waals surface area contributed by atoms with Crippen molar-refractivity contribution in [2.24, 2.45) is 0 Å². The number of nitrogens with two attached hydrogens (primary N) is 1. The molecule has 0 radical (unpaired) electrons. The van der Waals surface area contributed by atoms with E-state index in [0.29, 0.717) is 17.1 Å². The second-order valence-corrected chi connectivity index (χ2v) is 6.49. The van der Waals surface area contributed by atoms with Crippen molar-refractivity contribution < 1.29 is 9.59 Å². The number of amides is 2. The number of rotatable bonds is 5. The molecule has 0 atom stereocenters. The molecule has 0 aliphatic carbocycles. The minimum atomic E-state index is -0.323. The lowest BCUT2D eigenvalue weighted by Gasteiger charge is -2.05. The van der Waals surface area contributed by atoms with Crippen LogP contribution in [0, 0.1) is 0 Å². The van der Waals surface area contributed by atoms with Gasteiger partial charge < -0.3 is 16.4 Å². The fourth-order valence-corrected chi connectivity index (χ4v) is 3.42. The maximum Gasteiger partial charge on any atom is 0.263 e. The molecule has 4 N–H and O–H groups in total. The summed E-state index contributed by atoms with van der Waals surface area (Å²) in [5, 5.41) is 6.14. The molecule has 0 saturated carbocycles. The van der Waals surface area contributed by atoms with Crippen molar-refractivity contribution in [3.63, 3.8) is 0 Å². The van der Waals surface area contributed by atoms with Crippen molar-refractivity contribution in [2.45, 2.75) is 13.3 Å². The fourth-order valence-electron chi connectivity index (χ4n) is 1.83. The van der Waals surface area contributed by atoms with Gasteiger partial charge in [-0.05, 0) is 18.6 Å². The predicted octanol–water partition coefficient (Wildman–Crippen LogP) is 2.50. The van der Waals surface area contributed by atoms with Crippen LogP contribution < -0.4 is 16.4 Å². The van der Waals surface area contributed by atoms with E-state index in [9.17, 15) is 9.59 Å². The first-order chi connectivity index (χ1) is 10.0. The lowest BCUT2D eigenvalue weighted by Crippen LogP contribution is -2.37. The van der Waals surface area contributed by atoms with Crippen LogP contribution >= 0.6 is 27.3 Å². The molecule has 2 amide bonds. The molecular formula is C14H16BrN3O2S. The van der Waals surface area contributed by atoms with Crippen LogP contribution in [0.3, 0.4) is 0 Å². The van der Waals surface area contributed by atoms with Gasteiger partial charge in [0.2, 0.25) is 5.91 Å². The van der Waals surface area contributed by atoms with Crippen LogP contribution in [0.5, 0.6) is 0 Å². The van der Waals surface area contributed by atoms with Gasteiger partial charge in [-0.1, -0.05) is 28.9 Å². The third kappa shape index (κ3) is 3.74. The average Bonchev–Trinajstić information content (AvgIpc) is 2.79. The molecule has 1 aromatic heterocycles. The highest BCUT2D eigenvalue weighted by Crippen LogP contribution is 2.35. The number of halogens is 1. The van der Waals surface area contributed by atoms with Gasteiger partial charge in [0.25, 0.3) is 5.91 Å². The van der Waals surface area contributed by atoms with Gasteiger partial charge in [0.15, 0.2) is 0 Å². The minimum Gasteiger partial charge on any atom is -0.397 e. The summed E-state index contributed by atoms with van der Waals surface area (Å²) < 4.78 is 1.87.